The molecule has 0 saturated carbocycles. The van der Waals surface area contributed by atoms with Crippen LogP contribution in [-0.2, 0) is 22.8 Å². The molecule has 0 aliphatic rings. The van der Waals surface area contributed by atoms with Gasteiger partial charge in [-0.25, -0.2) is 0 Å². The summed E-state index contributed by atoms with van der Waals surface area (Å²) in [7, 11) is 3.98. The van der Waals surface area contributed by atoms with Gasteiger partial charge in [0.25, 0.3) is 0 Å². The average molecular weight is 347 g/mol. The summed E-state index contributed by atoms with van der Waals surface area (Å²) in [6, 6.07) is 0.645. The maximum absolute atomic E-state index is 6.08. The first-order chi connectivity index (χ1) is 9.87. The van der Waals surface area contributed by atoms with Crippen LogP contribution in [0.2, 0.25) is 0 Å². The molecule has 0 radical (unpaired) electrons. The van der Waals surface area contributed by atoms with Gasteiger partial charge in [0.15, 0.2) is 0 Å². The molecule has 21 heavy (non-hydrogen) atoms. The fourth-order valence-electron chi connectivity index (χ4n) is 2.69. The van der Waals surface area contributed by atoms with E-state index in [4.69, 9.17) is 7.76 Å². The number of hydrogen-bond donors (Lipinski definition) is 2. The number of likely N-dealkylation sites (N-methyl/N-ethyl adjacent to an activating group) is 2. The fourth-order valence-corrected chi connectivity index (χ4v) is 3.67. The molecular formula is C16H36N2NiO2. The van der Waals surface area contributed by atoms with Crippen molar-refractivity contribution in [3.05, 3.63) is 0 Å². The van der Waals surface area contributed by atoms with E-state index < -0.39 is 0 Å². The second-order valence-corrected chi connectivity index (χ2v) is 6.58. The van der Waals surface area contributed by atoms with Crippen LogP contribution in [0.15, 0.2) is 0 Å². The normalized spacial score (nSPS) is 20.8. The van der Waals surface area contributed by atoms with E-state index >= 15 is 0 Å². The molecule has 4 unspecified atom stereocenters. The van der Waals surface area contributed by atoms with Crippen LogP contribution in [0.3, 0.4) is 0 Å². The molecule has 0 amide bonds. The molecule has 0 rings (SSSR count). The predicted octanol–water partition coefficient (Wildman–Crippen LogP) is 3.27. The SMILES string of the molecule is CCC(NC)C(C)(CC)[O][Ni][O]C(C)(CC)C(CC)NC. The molecule has 0 aliphatic heterocycles. The second-order valence-electron chi connectivity index (χ2n) is 6.01. The first kappa shape index (κ1) is 21.3. The van der Waals surface area contributed by atoms with Crippen LogP contribution >= 0.6 is 0 Å². The summed E-state index contributed by atoms with van der Waals surface area (Å²) < 4.78 is 12.2. The zero-order chi connectivity index (χ0) is 16.5. The fraction of sp³-hybridized carbons (Fsp3) is 1.00. The summed E-state index contributed by atoms with van der Waals surface area (Å²) in [5.74, 6) is 0. The topological polar surface area (TPSA) is 42.5 Å². The van der Waals surface area contributed by atoms with Gasteiger partial charge in [0.2, 0.25) is 0 Å². The third-order valence-electron chi connectivity index (χ3n) is 4.74. The van der Waals surface area contributed by atoms with Crippen molar-refractivity contribution in [3.8, 4) is 0 Å². The molecule has 5 heteroatoms. The van der Waals surface area contributed by atoms with Crippen LogP contribution in [-0.4, -0.2) is 37.4 Å². The molecule has 4 nitrogen and oxygen atoms in total. The molecule has 0 heterocycles. The molecule has 0 spiro atoms. The summed E-state index contributed by atoms with van der Waals surface area (Å²) in [5.41, 5.74) is -0.445. The van der Waals surface area contributed by atoms with E-state index in [1.807, 2.05) is 14.1 Å². The van der Waals surface area contributed by atoms with Gasteiger partial charge >= 0.3 is 138 Å². The third kappa shape index (κ3) is 5.80. The van der Waals surface area contributed by atoms with Gasteiger partial charge in [-0.1, -0.05) is 0 Å². The Bertz CT molecular complexity index is 247. The Balaban J connectivity index is 4.68. The van der Waals surface area contributed by atoms with Crippen LogP contribution < -0.4 is 10.6 Å². The van der Waals surface area contributed by atoms with E-state index in [0.29, 0.717) is 12.1 Å². The Labute approximate surface area is 138 Å². The van der Waals surface area contributed by atoms with Crippen molar-refractivity contribution in [1.82, 2.24) is 10.6 Å². The summed E-state index contributed by atoms with van der Waals surface area (Å²) >= 11 is 0.950. The van der Waals surface area contributed by atoms with Gasteiger partial charge in [-0.15, -0.1) is 0 Å². The van der Waals surface area contributed by atoms with Crippen molar-refractivity contribution >= 4 is 0 Å². The Morgan fingerprint density at radius 2 is 1.14 bits per heavy atom. The number of hydrogen-bond acceptors (Lipinski definition) is 4. The van der Waals surface area contributed by atoms with Crippen molar-refractivity contribution in [1.29, 1.82) is 0 Å². The van der Waals surface area contributed by atoms with Crippen molar-refractivity contribution < 1.29 is 22.8 Å². The second kappa shape index (κ2) is 10.2. The molecule has 0 fully saturated rings. The van der Waals surface area contributed by atoms with Crippen molar-refractivity contribution in [2.45, 2.75) is 90.5 Å². The van der Waals surface area contributed by atoms with Crippen LogP contribution in [0.25, 0.3) is 0 Å². The third-order valence-corrected chi connectivity index (χ3v) is 5.82. The molecule has 0 saturated heterocycles. The Morgan fingerprint density at radius 3 is 1.33 bits per heavy atom. The van der Waals surface area contributed by atoms with E-state index in [-0.39, 0.29) is 11.2 Å². The zero-order valence-corrected chi connectivity index (χ0v) is 16.1. The zero-order valence-electron chi connectivity index (χ0n) is 15.1. The van der Waals surface area contributed by atoms with Gasteiger partial charge in [-0.05, 0) is 0 Å². The first-order valence-electron chi connectivity index (χ1n) is 8.17. The molecule has 2 N–H and O–H groups in total. The maximum atomic E-state index is 6.08. The quantitative estimate of drug-likeness (QED) is 0.532. The van der Waals surface area contributed by atoms with Gasteiger partial charge in [0, 0.05) is 0 Å². The van der Waals surface area contributed by atoms with E-state index in [2.05, 4.69) is 52.2 Å². The molecule has 0 bridgehead atoms. The van der Waals surface area contributed by atoms with Gasteiger partial charge in [0.05, 0.1) is 0 Å². The van der Waals surface area contributed by atoms with Crippen molar-refractivity contribution in [2.24, 2.45) is 0 Å². The molecule has 0 aromatic heterocycles. The molecule has 0 aromatic rings. The Morgan fingerprint density at radius 1 is 0.810 bits per heavy atom. The van der Waals surface area contributed by atoms with Crippen LogP contribution in [0, 0.1) is 0 Å². The molecule has 0 aliphatic carbocycles. The van der Waals surface area contributed by atoms with Crippen LogP contribution in [0.4, 0.5) is 0 Å². The number of rotatable bonds is 12. The van der Waals surface area contributed by atoms with E-state index in [9.17, 15) is 0 Å². The Hall–Kier alpha value is 0.334. The average Bonchev–Trinajstić information content (AvgIpc) is 2.49. The Kier molecular flexibility index (Phi) is 10.3. The van der Waals surface area contributed by atoms with Gasteiger partial charge in [0.1, 0.15) is 0 Å². The van der Waals surface area contributed by atoms with E-state index in [0.717, 1.165) is 40.8 Å². The van der Waals surface area contributed by atoms with Gasteiger partial charge in [-0.3, -0.25) is 0 Å². The molecule has 132 valence electrons. The summed E-state index contributed by atoms with van der Waals surface area (Å²) in [4.78, 5) is 0. The standard InChI is InChI=1S/2C8H18NO.Ni/c2*1-5-7(9-4)8(3,10)6-2;/h2*7,9H,5-6H2,1-4H3;/q2*-1;+2. The van der Waals surface area contributed by atoms with Crippen molar-refractivity contribution in [3.63, 3.8) is 0 Å². The summed E-state index contributed by atoms with van der Waals surface area (Å²) in [6.45, 7) is 13.0. The minimum absolute atomic E-state index is 0.223. The molecule has 4 atom stereocenters. The number of nitrogens with one attached hydrogen (secondary N) is 2. The van der Waals surface area contributed by atoms with Crippen LogP contribution in [0.5, 0.6) is 0 Å². The molecule has 0 aromatic carbocycles. The summed E-state index contributed by atoms with van der Waals surface area (Å²) in [6.07, 6.45) is 3.95. The van der Waals surface area contributed by atoms with Gasteiger partial charge in [-0.2, -0.15) is 0 Å². The van der Waals surface area contributed by atoms with Gasteiger partial charge < -0.3 is 0 Å². The predicted molar refractivity (Wildman–Crippen MR) is 85.8 cm³/mol. The monoisotopic (exact) mass is 346 g/mol. The van der Waals surface area contributed by atoms with Crippen LogP contribution in [0.1, 0.15) is 67.2 Å². The van der Waals surface area contributed by atoms with E-state index in [1.165, 1.54) is 0 Å². The molecular weight excluding hydrogens is 311 g/mol. The summed E-state index contributed by atoms with van der Waals surface area (Å²) in [5, 5.41) is 6.69. The minimum atomic E-state index is -0.223. The van der Waals surface area contributed by atoms with Crippen molar-refractivity contribution in [2.75, 3.05) is 14.1 Å². The first-order valence-corrected chi connectivity index (χ1v) is 8.98. The van der Waals surface area contributed by atoms with E-state index in [1.54, 1.807) is 0 Å².